The first-order chi connectivity index (χ1) is 13.7. The van der Waals surface area contributed by atoms with E-state index in [1.165, 1.54) is 5.56 Å². The lowest BCUT2D eigenvalue weighted by molar-refractivity contribution is 0.340. The highest BCUT2D eigenvalue weighted by atomic mass is 16.5. The third kappa shape index (κ3) is 4.11. The second kappa shape index (κ2) is 8.71. The van der Waals surface area contributed by atoms with Crippen LogP contribution in [0.25, 0.3) is 27.2 Å². The van der Waals surface area contributed by atoms with Crippen molar-refractivity contribution in [1.82, 2.24) is 0 Å². The average Bonchev–Trinajstić information content (AvgIpc) is 2.74. The van der Waals surface area contributed by atoms with Gasteiger partial charge in [0.15, 0.2) is 0 Å². The smallest absolute Gasteiger partial charge is 0.212 e. The largest absolute Gasteiger partial charge is 0.494 e. The Bertz CT molecular complexity index is 1060. The number of rotatable bonds is 5. The van der Waals surface area contributed by atoms with Crippen LogP contribution in [-0.2, 0) is 0 Å². The van der Waals surface area contributed by atoms with Gasteiger partial charge in [0.25, 0.3) is 0 Å². The fourth-order valence-corrected chi connectivity index (χ4v) is 2.97. The lowest BCUT2D eigenvalue weighted by atomic mass is 9.98. The highest BCUT2D eigenvalue weighted by Crippen LogP contribution is 2.30. The SMILES string of the molecule is [C-]#[N+]/C(=C(/C#N)c1ccc(OCC)cc1)c1ccc(-c2ccc(C)cc2)cc1. The second-order valence-corrected chi connectivity index (χ2v) is 6.35. The highest BCUT2D eigenvalue weighted by Gasteiger charge is 2.12. The van der Waals surface area contributed by atoms with Gasteiger partial charge in [-0.2, -0.15) is 5.26 Å². The van der Waals surface area contributed by atoms with Gasteiger partial charge >= 0.3 is 0 Å². The molecule has 0 aliphatic heterocycles. The molecular weight excluding hydrogens is 344 g/mol. The van der Waals surface area contributed by atoms with Crippen LogP contribution in [0, 0.1) is 24.8 Å². The molecule has 0 amide bonds. The van der Waals surface area contributed by atoms with E-state index in [4.69, 9.17) is 11.3 Å². The van der Waals surface area contributed by atoms with E-state index in [1.54, 1.807) is 0 Å². The minimum Gasteiger partial charge on any atom is -0.494 e. The Labute approximate surface area is 166 Å². The molecule has 3 aromatic carbocycles. The highest BCUT2D eigenvalue weighted by molar-refractivity contribution is 6.00. The zero-order valence-electron chi connectivity index (χ0n) is 15.9. The van der Waals surface area contributed by atoms with Crippen molar-refractivity contribution in [2.45, 2.75) is 13.8 Å². The van der Waals surface area contributed by atoms with Crippen molar-refractivity contribution < 1.29 is 4.74 Å². The number of hydrogen-bond donors (Lipinski definition) is 0. The Kier molecular flexibility index (Phi) is 5.90. The van der Waals surface area contributed by atoms with Crippen LogP contribution < -0.4 is 4.74 Å². The molecule has 0 heterocycles. The molecule has 0 fully saturated rings. The van der Waals surface area contributed by atoms with E-state index in [1.807, 2.05) is 55.5 Å². The van der Waals surface area contributed by atoms with Gasteiger partial charge in [-0.25, -0.2) is 4.85 Å². The van der Waals surface area contributed by atoms with Crippen LogP contribution in [0.2, 0.25) is 0 Å². The maximum atomic E-state index is 9.69. The zero-order valence-corrected chi connectivity index (χ0v) is 15.9. The van der Waals surface area contributed by atoms with Crippen LogP contribution >= 0.6 is 0 Å². The van der Waals surface area contributed by atoms with E-state index in [0.717, 1.165) is 22.4 Å². The Morgan fingerprint density at radius 1 is 0.893 bits per heavy atom. The number of hydrogen-bond acceptors (Lipinski definition) is 2. The average molecular weight is 364 g/mol. The fraction of sp³-hybridized carbons (Fsp3) is 0.120. The Morgan fingerprint density at radius 3 is 1.93 bits per heavy atom. The molecule has 3 heteroatoms. The number of nitriles is 1. The summed E-state index contributed by atoms with van der Waals surface area (Å²) >= 11 is 0. The van der Waals surface area contributed by atoms with Crippen molar-refractivity contribution in [1.29, 1.82) is 5.26 Å². The van der Waals surface area contributed by atoms with Gasteiger partial charge in [-0.1, -0.05) is 66.2 Å². The predicted octanol–water partition coefficient (Wildman–Crippen LogP) is 6.37. The van der Waals surface area contributed by atoms with Crippen molar-refractivity contribution in [3.05, 3.63) is 101 Å². The van der Waals surface area contributed by atoms with Crippen LogP contribution in [-0.4, -0.2) is 6.61 Å². The summed E-state index contributed by atoms with van der Waals surface area (Å²) in [4.78, 5) is 3.65. The van der Waals surface area contributed by atoms with Gasteiger partial charge in [0.1, 0.15) is 5.75 Å². The van der Waals surface area contributed by atoms with E-state index in [-0.39, 0.29) is 0 Å². The standard InChI is InChI=1S/C25H20N2O/c1-4-28-23-15-13-21(14-16-23)24(17-26)25(27-3)22-11-9-20(10-12-22)19-7-5-18(2)6-8-19/h5-16H,4H2,1-2H3/b25-24-. The molecule has 0 aliphatic carbocycles. The topological polar surface area (TPSA) is 37.4 Å². The summed E-state index contributed by atoms with van der Waals surface area (Å²) in [6.07, 6.45) is 0. The molecule has 0 saturated carbocycles. The minimum atomic E-state index is 0.349. The first-order valence-electron chi connectivity index (χ1n) is 9.08. The summed E-state index contributed by atoms with van der Waals surface area (Å²) in [5.74, 6) is 0.746. The van der Waals surface area contributed by atoms with Crippen LogP contribution in [0.3, 0.4) is 0 Å². The molecule has 0 aromatic heterocycles. The van der Waals surface area contributed by atoms with Crippen LogP contribution in [0.5, 0.6) is 5.75 Å². The van der Waals surface area contributed by atoms with Gasteiger partial charge in [-0.05, 0) is 48.2 Å². The molecule has 0 bridgehead atoms. The molecular formula is C25H20N2O. The van der Waals surface area contributed by atoms with Crippen molar-refractivity contribution in [3.63, 3.8) is 0 Å². The molecule has 0 atom stereocenters. The van der Waals surface area contributed by atoms with Crippen molar-refractivity contribution in [2.75, 3.05) is 6.61 Å². The van der Waals surface area contributed by atoms with Gasteiger partial charge < -0.3 is 4.74 Å². The number of nitrogens with zero attached hydrogens (tertiary/aromatic N) is 2. The summed E-state index contributed by atoms with van der Waals surface area (Å²) in [5.41, 5.74) is 5.57. The molecule has 0 spiro atoms. The molecule has 3 aromatic rings. The van der Waals surface area contributed by atoms with Crippen LogP contribution in [0.15, 0.2) is 72.8 Å². The van der Waals surface area contributed by atoms with E-state index in [9.17, 15) is 5.26 Å². The molecule has 0 saturated heterocycles. The van der Waals surface area contributed by atoms with Gasteiger partial charge in [0, 0.05) is 0 Å². The van der Waals surface area contributed by atoms with Crippen molar-refractivity contribution >= 4 is 11.3 Å². The number of ether oxygens (including phenoxy) is 1. The summed E-state index contributed by atoms with van der Waals surface area (Å²) < 4.78 is 5.45. The van der Waals surface area contributed by atoms with Gasteiger partial charge in [-0.3, -0.25) is 0 Å². The third-order valence-electron chi connectivity index (χ3n) is 4.46. The molecule has 0 aliphatic rings. The summed E-state index contributed by atoms with van der Waals surface area (Å²) in [5, 5.41) is 9.69. The van der Waals surface area contributed by atoms with Crippen LogP contribution in [0.4, 0.5) is 0 Å². The minimum absolute atomic E-state index is 0.349. The molecule has 28 heavy (non-hydrogen) atoms. The normalized spacial score (nSPS) is 11.1. The number of aryl methyl sites for hydroxylation is 1. The molecule has 3 rings (SSSR count). The van der Waals surface area contributed by atoms with E-state index in [0.29, 0.717) is 23.4 Å². The lowest BCUT2D eigenvalue weighted by Gasteiger charge is -2.08. The van der Waals surface area contributed by atoms with Crippen molar-refractivity contribution in [2.24, 2.45) is 0 Å². The lowest BCUT2D eigenvalue weighted by Crippen LogP contribution is -1.92. The quantitative estimate of drug-likeness (QED) is 0.299. The Morgan fingerprint density at radius 2 is 1.43 bits per heavy atom. The summed E-state index contributed by atoms with van der Waals surface area (Å²) in [6, 6.07) is 25.5. The first-order valence-corrected chi connectivity index (χ1v) is 9.08. The molecule has 0 N–H and O–H groups in total. The molecule has 3 nitrogen and oxygen atoms in total. The van der Waals surface area contributed by atoms with Gasteiger partial charge in [0.2, 0.25) is 5.70 Å². The summed E-state index contributed by atoms with van der Waals surface area (Å²) in [7, 11) is 0. The van der Waals surface area contributed by atoms with E-state index < -0.39 is 0 Å². The monoisotopic (exact) mass is 364 g/mol. The molecule has 0 unspecified atom stereocenters. The van der Waals surface area contributed by atoms with E-state index >= 15 is 0 Å². The zero-order chi connectivity index (χ0) is 19.9. The molecule has 0 radical (unpaired) electrons. The first kappa shape index (κ1) is 19.0. The summed E-state index contributed by atoms with van der Waals surface area (Å²) in [6.45, 7) is 12.2. The second-order valence-electron chi connectivity index (χ2n) is 6.35. The maximum absolute atomic E-state index is 9.69. The van der Waals surface area contributed by atoms with Crippen LogP contribution in [0.1, 0.15) is 23.6 Å². The number of benzene rings is 3. The van der Waals surface area contributed by atoms with Gasteiger partial charge in [0.05, 0.1) is 24.8 Å². The van der Waals surface area contributed by atoms with E-state index in [2.05, 4.69) is 42.1 Å². The predicted molar refractivity (Wildman–Crippen MR) is 113 cm³/mol. The van der Waals surface area contributed by atoms with Gasteiger partial charge in [-0.15, -0.1) is 0 Å². The molecule has 136 valence electrons. The third-order valence-corrected chi connectivity index (χ3v) is 4.46. The number of allylic oxidation sites excluding steroid dienone is 1. The Hall–Kier alpha value is -3.82. The fourth-order valence-electron chi connectivity index (χ4n) is 2.97. The van der Waals surface area contributed by atoms with Crippen molar-refractivity contribution in [3.8, 4) is 22.9 Å². The maximum Gasteiger partial charge on any atom is 0.212 e. The Balaban J connectivity index is 1.97.